The van der Waals surface area contributed by atoms with E-state index in [4.69, 9.17) is 5.73 Å². The SMILES string of the molecule is Cc1ccc(NC(=O)c2cccc(C(F)(F)F)c2)cc1NC(=O)N(C#CN)CCN1CCN(C)CC1. The first-order chi connectivity index (χ1) is 17.1. The van der Waals surface area contributed by atoms with Crippen molar-refractivity contribution >= 4 is 23.3 Å². The third-order valence-corrected chi connectivity index (χ3v) is 5.87. The zero-order valence-corrected chi connectivity index (χ0v) is 20.2. The van der Waals surface area contributed by atoms with Crippen LogP contribution in [0.25, 0.3) is 0 Å². The van der Waals surface area contributed by atoms with Crippen LogP contribution in [0.1, 0.15) is 21.5 Å². The van der Waals surface area contributed by atoms with Crippen LogP contribution in [0.4, 0.5) is 29.3 Å². The number of benzene rings is 2. The van der Waals surface area contributed by atoms with E-state index in [-0.39, 0.29) is 5.56 Å². The monoisotopic (exact) mass is 502 g/mol. The topological polar surface area (TPSA) is 93.9 Å². The van der Waals surface area contributed by atoms with Crippen LogP contribution in [0, 0.1) is 19.0 Å². The maximum atomic E-state index is 13.0. The Hall–Kier alpha value is -3.75. The number of hydrogen-bond donors (Lipinski definition) is 3. The molecule has 1 aliphatic heterocycles. The van der Waals surface area contributed by atoms with Gasteiger partial charge in [-0.1, -0.05) is 12.1 Å². The minimum absolute atomic E-state index is 0.135. The molecule has 36 heavy (non-hydrogen) atoms. The number of rotatable bonds is 6. The van der Waals surface area contributed by atoms with Gasteiger partial charge in [0.1, 0.15) is 0 Å². The molecule has 4 N–H and O–H groups in total. The number of nitrogens with zero attached hydrogens (tertiary/aromatic N) is 3. The Bertz CT molecular complexity index is 1150. The van der Waals surface area contributed by atoms with Crippen molar-refractivity contribution in [3.8, 4) is 12.1 Å². The fraction of sp³-hybridized carbons (Fsp3) is 0.360. The highest BCUT2D eigenvalue weighted by molar-refractivity contribution is 6.05. The molecule has 8 nitrogen and oxygen atoms in total. The van der Waals surface area contributed by atoms with E-state index in [1.54, 1.807) is 19.1 Å². The summed E-state index contributed by atoms with van der Waals surface area (Å²) in [4.78, 5) is 31.2. The number of carbonyl (C=O) groups is 2. The Morgan fingerprint density at radius 3 is 2.47 bits per heavy atom. The molecule has 0 bridgehead atoms. The molecule has 2 aromatic carbocycles. The lowest BCUT2D eigenvalue weighted by atomic mass is 10.1. The molecule has 0 saturated carbocycles. The molecule has 1 aliphatic rings. The molecule has 11 heteroatoms. The summed E-state index contributed by atoms with van der Waals surface area (Å²) < 4.78 is 38.9. The van der Waals surface area contributed by atoms with Gasteiger partial charge in [0.25, 0.3) is 5.91 Å². The first-order valence-electron chi connectivity index (χ1n) is 11.4. The minimum Gasteiger partial charge on any atom is -0.358 e. The first kappa shape index (κ1) is 26.8. The molecule has 3 rings (SSSR count). The molecule has 192 valence electrons. The van der Waals surface area contributed by atoms with Crippen molar-refractivity contribution in [3.63, 3.8) is 0 Å². The Labute approximate surface area is 208 Å². The van der Waals surface area contributed by atoms with Crippen LogP contribution < -0.4 is 16.4 Å². The maximum absolute atomic E-state index is 13.0. The van der Waals surface area contributed by atoms with E-state index in [2.05, 4.69) is 39.6 Å². The smallest absolute Gasteiger partial charge is 0.358 e. The number of urea groups is 1. The second kappa shape index (κ2) is 11.8. The van der Waals surface area contributed by atoms with Gasteiger partial charge in [0, 0.05) is 68.3 Å². The predicted octanol–water partition coefficient (Wildman–Crippen LogP) is 3.22. The Balaban J connectivity index is 1.66. The van der Waals surface area contributed by atoms with Gasteiger partial charge in [0.05, 0.1) is 5.56 Å². The highest BCUT2D eigenvalue weighted by atomic mass is 19.4. The molecule has 0 radical (unpaired) electrons. The van der Waals surface area contributed by atoms with Crippen LogP contribution in [0.5, 0.6) is 0 Å². The number of halogens is 3. The lowest BCUT2D eigenvalue weighted by Crippen LogP contribution is -2.47. The van der Waals surface area contributed by atoms with Gasteiger partial charge >= 0.3 is 12.2 Å². The van der Waals surface area contributed by atoms with Crippen molar-refractivity contribution in [1.29, 1.82) is 0 Å². The highest BCUT2D eigenvalue weighted by Crippen LogP contribution is 2.30. The van der Waals surface area contributed by atoms with Crippen LogP contribution in [0.3, 0.4) is 0 Å². The summed E-state index contributed by atoms with van der Waals surface area (Å²) in [6.45, 7) is 6.47. The predicted molar refractivity (Wildman–Crippen MR) is 132 cm³/mol. The van der Waals surface area contributed by atoms with E-state index in [1.807, 2.05) is 0 Å². The normalized spacial score (nSPS) is 14.5. The van der Waals surface area contributed by atoms with Crippen molar-refractivity contribution in [2.24, 2.45) is 5.73 Å². The quantitative estimate of drug-likeness (QED) is 0.417. The molecular weight excluding hydrogens is 473 g/mol. The fourth-order valence-electron chi connectivity index (χ4n) is 3.66. The summed E-state index contributed by atoms with van der Waals surface area (Å²) in [5.41, 5.74) is 5.78. The first-order valence-corrected chi connectivity index (χ1v) is 11.4. The summed E-state index contributed by atoms with van der Waals surface area (Å²) in [5.74, 6) is -0.704. The number of alkyl halides is 3. The second-order valence-electron chi connectivity index (χ2n) is 8.55. The zero-order chi connectivity index (χ0) is 26.3. The standard InChI is InChI=1S/C25H29F3N6O2/c1-18-6-7-21(30-23(35)19-4-3-5-20(16-19)25(26,27)28)17-22(18)31-24(36)34(9-8-29)15-14-33-12-10-32(2)11-13-33/h3-7,16-17H,10-15,29H2,1-2H3,(H,30,35)(H,31,36). The number of aryl methyl sites for hydroxylation is 1. The highest BCUT2D eigenvalue weighted by Gasteiger charge is 2.31. The lowest BCUT2D eigenvalue weighted by Gasteiger charge is -2.33. The van der Waals surface area contributed by atoms with E-state index in [1.165, 1.54) is 23.1 Å². The zero-order valence-electron chi connectivity index (χ0n) is 20.2. The molecular formula is C25H29F3N6O2. The summed E-state index contributed by atoms with van der Waals surface area (Å²) in [6, 6.07) is 13.4. The number of piperazine rings is 1. The van der Waals surface area contributed by atoms with Gasteiger partial charge in [-0.15, -0.1) is 0 Å². The molecule has 0 spiro atoms. The molecule has 1 saturated heterocycles. The number of likely N-dealkylation sites (N-methyl/N-ethyl adjacent to an activating group) is 1. The summed E-state index contributed by atoms with van der Waals surface area (Å²) in [6.07, 6.45) is -4.56. The van der Waals surface area contributed by atoms with Gasteiger partial charge in [-0.3, -0.25) is 14.6 Å². The second-order valence-corrected chi connectivity index (χ2v) is 8.55. The number of anilines is 2. The average molecular weight is 503 g/mol. The van der Waals surface area contributed by atoms with E-state index in [0.29, 0.717) is 24.5 Å². The van der Waals surface area contributed by atoms with E-state index >= 15 is 0 Å². The van der Waals surface area contributed by atoms with Gasteiger partial charge in [-0.25, -0.2) is 4.79 Å². The molecule has 2 aromatic rings. The third-order valence-electron chi connectivity index (χ3n) is 5.87. The van der Waals surface area contributed by atoms with Crippen LogP contribution >= 0.6 is 0 Å². The summed E-state index contributed by atoms with van der Waals surface area (Å²) >= 11 is 0. The van der Waals surface area contributed by atoms with Crippen molar-refractivity contribution in [2.45, 2.75) is 13.1 Å². The van der Waals surface area contributed by atoms with Crippen LogP contribution in [-0.4, -0.2) is 73.0 Å². The number of nitrogens with one attached hydrogen (secondary N) is 2. The fourth-order valence-corrected chi connectivity index (χ4v) is 3.66. The van der Waals surface area contributed by atoms with Crippen LogP contribution in [0.2, 0.25) is 0 Å². The largest absolute Gasteiger partial charge is 0.416 e. The van der Waals surface area contributed by atoms with E-state index < -0.39 is 23.7 Å². The molecule has 3 amide bonds. The molecule has 1 heterocycles. The number of hydrogen-bond acceptors (Lipinski definition) is 5. The average Bonchev–Trinajstić information content (AvgIpc) is 2.84. The Morgan fingerprint density at radius 1 is 1.08 bits per heavy atom. The van der Waals surface area contributed by atoms with Crippen LogP contribution in [0.15, 0.2) is 42.5 Å². The van der Waals surface area contributed by atoms with Crippen molar-refractivity contribution in [2.75, 3.05) is 56.9 Å². The molecule has 0 atom stereocenters. The molecule has 1 fully saturated rings. The Kier molecular flexibility index (Phi) is 8.79. The number of amides is 3. The van der Waals surface area contributed by atoms with Crippen molar-refractivity contribution < 1.29 is 22.8 Å². The number of nitrogens with two attached hydrogens (primary N) is 1. The van der Waals surface area contributed by atoms with Gasteiger partial charge in [0.15, 0.2) is 0 Å². The van der Waals surface area contributed by atoms with Gasteiger partial charge in [-0.2, -0.15) is 13.2 Å². The molecule has 0 unspecified atom stereocenters. The lowest BCUT2D eigenvalue weighted by molar-refractivity contribution is -0.137. The van der Waals surface area contributed by atoms with Crippen molar-refractivity contribution in [3.05, 3.63) is 59.2 Å². The van der Waals surface area contributed by atoms with Gasteiger partial charge in [-0.05, 0) is 49.9 Å². The third kappa shape index (κ3) is 7.37. The maximum Gasteiger partial charge on any atom is 0.416 e. The van der Waals surface area contributed by atoms with Crippen molar-refractivity contribution in [1.82, 2.24) is 14.7 Å². The van der Waals surface area contributed by atoms with Gasteiger partial charge in [0.2, 0.25) is 0 Å². The minimum atomic E-state index is -4.56. The summed E-state index contributed by atoms with van der Waals surface area (Å²) in [5, 5.41) is 5.35. The van der Waals surface area contributed by atoms with E-state index in [0.717, 1.165) is 43.9 Å². The molecule has 0 aliphatic carbocycles. The summed E-state index contributed by atoms with van der Waals surface area (Å²) in [7, 11) is 2.06. The molecule has 0 aromatic heterocycles. The van der Waals surface area contributed by atoms with E-state index in [9.17, 15) is 22.8 Å². The van der Waals surface area contributed by atoms with Crippen LogP contribution in [-0.2, 0) is 6.18 Å². The van der Waals surface area contributed by atoms with Gasteiger partial charge < -0.3 is 21.3 Å². The number of carbonyl (C=O) groups excluding carboxylic acids is 2. The Morgan fingerprint density at radius 2 is 1.81 bits per heavy atom.